The fourth-order valence-corrected chi connectivity index (χ4v) is 3.92. The van der Waals surface area contributed by atoms with Crippen LogP contribution in [0.25, 0.3) is 0 Å². The SMILES string of the molecule is CCCNCC(C)S(=O)(=O)N(CC(C)C)C1CC1. The molecule has 4 nitrogen and oxygen atoms in total. The van der Waals surface area contributed by atoms with E-state index >= 15 is 0 Å². The second-order valence-corrected chi connectivity index (χ2v) is 8.06. The Labute approximate surface area is 112 Å². The van der Waals surface area contributed by atoms with Crippen LogP contribution in [0.2, 0.25) is 0 Å². The van der Waals surface area contributed by atoms with Gasteiger partial charge in [0.05, 0.1) is 5.25 Å². The van der Waals surface area contributed by atoms with Crippen LogP contribution in [-0.4, -0.2) is 43.6 Å². The molecule has 1 aliphatic rings. The van der Waals surface area contributed by atoms with Gasteiger partial charge in [-0.05, 0) is 38.6 Å². The largest absolute Gasteiger partial charge is 0.315 e. The van der Waals surface area contributed by atoms with Crippen LogP contribution < -0.4 is 5.32 Å². The summed E-state index contributed by atoms with van der Waals surface area (Å²) in [7, 11) is -3.14. The van der Waals surface area contributed by atoms with Gasteiger partial charge in [-0.15, -0.1) is 0 Å². The van der Waals surface area contributed by atoms with E-state index in [9.17, 15) is 8.42 Å². The first kappa shape index (κ1) is 15.9. The first-order valence-electron chi connectivity index (χ1n) is 7.11. The normalized spacial score (nSPS) is 18.6. The van der Waals surface area contributed by atoms with Gasteiger partial charge in [0, 0.05) is 19.1 Å². The van der Waals surface area contributed by atoms with Gasteiger partial charge in [0.2, 0.25) is 10.0 Å². The van der Waals surface area contributed by atoms with Gasteiger partial charge < -0.3 is 5.32 Å². The highest BCUT2D eigenvalue weighted by Gasteiger charge is 2.39. The van der Waals surface area contributed by atoms with E-state index in [0.717, 1.165) is 25.8 Å². The number of rotatable bonds is 9. The van der Waals surface area contributed by atoms with Crippen LogP contribution in [0.3, 0.4) is 0 Å². The van der Waals surface area contributed by atoms with Gasteiger partial charge in [-0.2, -0.15) is 4.31 Å². The molecule has 1 fully saturated rings. The molecule has 5 heteroatoms. The van der Waals surface area contributed by atoms with E-state index in [2.05, 4.69) is 26.1 Å². The van der Waals surface area contributed by atoms with Crippen molar-refractivity contribution in [2.75, 3.05) is 19.6 Å². The number of hydrogen-bond donors (Lipinski definition) is 1. The predicted octanol–water partition coefficient (Wildman–Crippen LogP) is 1.82. The minimum Gasteiger partial charge on any atom is -0.315 e. The van der Waals surface area contributed by atoms with Gasteiger partial charge >= 0.3 is 0 Å². The van der Waals surface area contributed by atoms with E-state index in [0.29, 0.717) is 19.0 Å². The van der Waals surface area contributed by atoms with E-state index in [1.807, 2.05) is 6.92 Å². The summed E-state index contributed by atoms with van der Waals surface area (Å²) in [5.74, 6) is 0.385. The fourth-order valence-electron chi connectivity index (χ4n) is 2.00. The van der Waals surface area contributed by atoms with E-state index in [-0.39, 0.29) is 11.3 Å². The van der Waals surface area contributed by atoms with Gasteiger partial charge in [-0.1, -0.05) is 20.8 Å². The zero-order valence-electron chi connectivity index (χ0n) is 12.1. The average Bonchev–Trinajstić information content (AvgIpc) is 3.09. The lowest BCUT2D eigenvalue weighted by Gasteiger charge is -2.27. The molecule has 0 aromatic carbocycles. The molecule has 1 atom stereocenters. The molecule has 0 radical (unpaired) electrons. The lowest BCUT2D eigenvalue weighted by Crippen LogP contribution is -2.44. The van der Waals surface area contributed by atoms with Crippen LogP contribution in [-0.2, 0) is 10.0 Å². The summed E-state index contributed by atoms with van der Waals surface area (Å²) in [6.07, 6.45) is 3.09. The maximum absolute atomic E-state index is 12.5. The Bertz CT molecular complexity index is 337. The molecule has 0 amide bonds. The molecule has 1 aliphatic carbocycles. The summed E-state index contributed by atoms with van der Waals surface area (Å²) in [6, 6.07) is 0.269. The van der Waals surface area contributed by atoms with Gasteiger partial charge in [0.1, 0.15) is 0 Å². The number of sulfonamides is 1. The van der Waals surface area contributed by atoms with Crippen molar-refractivity contribution >= 4 is 10.0 Å². The third-order valence-electron chi connectivity index (χ3n) is 3.19. The number of nitrogens with zero attached hydrogens (tertiary/aromatic N) is 1. The Hall–Kier alpha value is -0.130. The van der Waals surface area contributed by atoms with Crippen molar-refractivity contribution in [2.24, 2.45) is 5.92 Å². The summed E-state index contributed by atoms with van der Waals surface area (Å²) in [5.41, 5.74) is 0. The smallest absolute Gasteiger partial charge is 0.218 e. The lowest BCUT2D eigenvalue weighted by atomic mass is 10.2. The molecule has 0 heterocycles. The first-order chi connectivity index (χ1) is 8.39. The summed E-state index contributed by atoms with van der Waals surface area (Å²) in [4.78, 5) is 0. The Morgan fingerprint density at radius 1 is 1.28 bits per heavy atom. The summed E-state index contributed by atoms with van der Waals surface area (Å²) < 4.78 is 26.8. The molecule has 0 aromatic rings. The molecule has 1 N–H and O–H groups in total. The predicted molar refractivity (Wildman–Crippen MR) is 76.1 cm³/mol. The molecule has 0 aliphatic heterocycles. The third-order valence-corrected chi connectivity index (χ3v) is 5.48. The summed E-state index contributed by atoms with van der Waals surface area (Å²) in [6.45, 7) is 10.1. The molecule has 0 saturated heterocycles. The van der Waals surface area contributed by atoms with Crippen molar-refractivity contribution in [2.45, 2.75) is 58.2 Å². The molecule has 1 unspecified atom stereocenters. The number of nitrogens with one attached hydrogen (secondary N) is 1. The van der Waals surface area contributed by atoms with Crippen molar-refractivity contribution in [3.8, 4) is 0 Å². The highest BCUT2D eigenvalue weighted by atomic mass is 32.2. The lowest BCUT2D eigenvalue weighted by molar-refractivity contribution is 0.355. The standard InChI is InChI=1S/C13H28N2O2S/c1-5-8-14-9-12(4)18(16,17)15(10-11(2)3)13-6-7-13/h11-14H,5-10H2,1-4H3. The maximum atomic E-state index is 12.5. The maximum Gasteiger partial charge on any atom is 0.218 e. The van der Waals surface area contributed by atoms with Crippen molar-refractivity contribution in [1.29, 1.82) is 0 Å². The zero-order chi connectivity index (χ0) is 13.8. The van der Waals surface area contributed by atoms with Crippen molar-refractivity contribution < 1.29 is 8.42 Å². The molecule has 0 spiro atoms. The van der Waals surface area contributed by atoms with Gasteiger partial charge in [0.25, 0.3) is 0 Å². The van der Waals surface area contributed by atoms with Crippen molar-refractivity contribution in [1.82, 2.24) is 9.62 Å². The van der Waals surface area contributed by atoms with E-state index in [1.165, 1.54) is 0 Å². The molecular formula is C13H28N2O2S. The van der Waals surface area contributed by atoms with Crippen LogP contribution in [0, 0.1) is 5.92 Å². The Balaban J connectivity index is 2.62. The molecule has 0 bridgehead atoms. The Morgan fingerprint density at radius 2 is 1.89 bits per heavy atom. The minimum absolute atomic E-state index is 0.269. The quantitative estimate of drug-likeness (QED) is 0.654. The zero-order valence-corrected chi connectivity index (χ0v) is 13.0. The second kappa shape index (κ2) is 6.87. The molecule has 0 aromatic heterocycles. The Morgan fingerprint density at radius 3 is 2.33 bits per heavy atom. The molecule has 1 rings (SSSR count). The van der Waals surface area contributed by atoms with Gasteiger partial charge in [-0.25, -0.2) is 8.42 Å². The highest BCUT2D eigenvalue weighted by Crippen LogP contribution is 2.31. The average molecular weight is 276 g/mol. The first-order valence-corrected chi connectivity index (χ1v) is 8.61. The molecule has 18 heavy (non-hydrogen) atoms. The van der Waals surface area contributed by atoms with Crippen LogP contribution in [0.4, 0.5) is 0 Å². The van der Waals surface area contributed by atoms with Crippen LogP contribution in [0.15, 0.2) is 0 Å². The van der Waals surface area contributed by atoms with Gasteiger partial charge in [0.15, 0.2) is 0 Å². The number of hydrogen-bond acceptors (Lipinski definition) is 3. The Kier molecular flexibility index (Phi) is 6.08. The third kappa shape index (κ3) is 4.52. The molecule has 108 valence electrons. The van der Waals surface area contributed by atoms with Crippen LogP contribution in [0.5, 0.6) is 0 Å². The second-order valence-electron chi connectivity index (χ2n) is 5.75. The van der Waals surface area contributed by atoms with Crippen LogP contribution in [0.1, 0.15) is 47.0 Å². The van der Waals surface area contributed by atoms with E-state index in [4.69, 9.17) is 0 Å². The highest BCUT2D eigenvalue weighted by molar-refractivity contribution is 7.89. The van der Waals surface area contributed by atoms with Crippen molar-refractivity contribution in [3.63, 3.8) is 0 Å². The summed E-state index contributed by atoms with van der Waals surface area (Å²) >= 11 is 0. The molecular weight excluding hydrogens is 248 g/mol. The van der Waals surface area contributed by atoms with E-state index in [1.54, 1.807) is 4.31 Å². The van der Waals surface area contributed by atoms with Crippen molar-refractivity contribution in [3.05, 3.63) is 0 Å². The fraction of sp³-hybridized carbons (Fsp3) is 1.00. The molecule has 1 saturated carbocycles. The topological polar surface area (TPSA) is 49.4 Å². The summed E-state index contributed by atoms with van der Waals surface area (Å²) in [5, 5.41) is 2.87. The van der Waals surface area contributed by atoms with Crippen LogP contribution >= 0.6 is 0 Å². The minimum atomic E-state index is -3.14. The van der Waals surface area contributed by atoms with E-state index < -0.39 is 10.0 Å². The van der Waals surface area contributed by atoms with Gasteiger partial charge in [-0.3, -0.25) is 0 Å². The monoisotopic (exact) mass is 276 g/mol.